The van der Waals surface area contributed by atoms with Crippen LogP contribution in [0.3, 0.4) is 0 Å². The van der Waals surface area contributed by atoms with Gasteiger partial charge >= 0.3 is 0 Å². The zero-order valence-corrected chi connectivity index (χ0v) is 8.17. The van der Waals surface area contributed by atoms with Crippen molar-refractivity contribution in [3.63, 3.8) is 0 Å². The van der Waals surface area contributed by atoms with E-state index in [1.54, 1.807) is 12.3 Å². The molecule has 2 heteroatoms. The van der Waals surface area contributed by atoms with Gasteiger partial charge in [-0.15, -0.1) is 0 Å². The average Bonchev–Trinajstić information content (AvgIpc) is 2.18. The maximum Gasteiger partial charge on any atom is 0.141 e. The minimum absolute atomic E-state index is 0.237. The molecule has 1 heterocycles. The van der Waals surface area contributed by atoms with Gasteiger partial charge in [0.15, 0.2) is 0 Å². The number of rotatable bonds is 1. The molecule has 0 radical (unpaired) electrons. The Morgan fingerprint density at radius 2 is 2.29 bits per heavy atom. The molecule has 0 aliphatic heterocycles. The Kier molecular flexibility index (Phi) is 2.62. The highest BCUT2D eigenvalue weighted by Crippen LogP contribution is 2.34. The highest BCUT2D eigenvalue weighted by molar-refractivity contribution is 5.19. The third-order valence-electron chi connectivity index (χ3n) is 2.82. The van der Waals surface area contributed by atoms with E-state index in [1.807, 2.05) is 0 Å². The van der Waals surface area contributed by atoms with Gasteiger partial charge in [0.05, 0.1) is 6.20 Å². The molecule has 1 aliphatic carbocycles. The molecule has 0 spiro atoms. The van der Waals surface area contributed by atoms with Crippen LogP contribution in [-0.4, -0.2) is 4.98 Å². The fraction of sp³-hybridized carbons (Fsp3) is 0.417. The molecule has 1 nitrogen and oxygen atoms in total. The molecule has 1 saturated carbocycles. The van der Waals surface area contributed by atoms with E-state index >= 15 is 0 Å². The number of hydrogen-bond acceptors (Lipinski definition) is 1. The quantitative estimate of drug-likeness (QED) is 0.620. The largest absolute Gasteiger partial charge is 0.261 e. The van der Waals surface area contributed by atoms with Crippen LogP contribution >= 0.6 is 0 Å². The standard InChI is InChI=1S/C12H14FN/c1-9-3-2-4-10(5-9)11-6-12(13)8-14-7-11/h6-8,10H,1-5H2/t10-/m0/s1. The Labute approximate surface area is 83.7 Å². The van der Waals surface area contributed by atoms with E-state index in [1.165, 1.54) is 18.2 Å². The summed E-state index contributed by atoms with van der Waals surface area (Å²) in [6.45, 7) is 4.00. The third-order valence-corrected chi connectivity index (χ3v) is 2.82. The molecular weight excluding hydrogens is 177 g/mol. The van der Waals surface area contributed by atoms with Crippen LogP contribution in [0.25, 0.3) is 0 Å². The summed E-state index contributed by atoms with van der Waals surface area (Å²) in [6.07, 6.45) is 7.43. The lowest BCUT2D eigenvalue weighted by atomic mass is 9.82. The molecule has 0 aromatic carbocycles. The van der Waals surface area contributed by atoms with E-state index in [4.69, 9.17) is 0 Å². The highest BCUT2D eigenvalue weighted by Gasteiger charge is 2.18. The summed E-state index contributed by atoms with van der Waals surface area (Å²) in [5.41, 5.74) is 2.30. The summed E-state index contributed by atoms with van der Waals surface area (Å²) in [5, 5.41) is 0. The molecule has 0 unspecified atom stereocenters. The highest BCUT2D eigenvalue weighted by atomic mass is 19.1. The maximum atomic E-state index is 12.9. The van der Waals surface area contributed by atoms with Gasteiger partial charge in [0.2, 0.25) is 0 Å². The van der Waals surface area contributed by atoms with Gasteiger partial charge in [-0.2, -0.15) is 0 Å². The van der Waals surface area contributed by atoms with Crippen LogP contribution in [0.1, 0.15) is 37.2 Å². The van der Waals surface area contributed by atoms with E-state index in [0.29, 0.717) is 5.92 Å². The van der Waals surface area contributed by atoms with Crippen LogP contribution < -0.4 is 0 Å². The molecule has 2 rings (SSSR count). The van der Waals surface area contributed by atoms with Crippen LogP contribution in [0.15, 0.2) is 30.6 Å². The number of aromatic nitrogens is 1. The first-order chi connectivity index (χ1) is 6.75. The molecule has 1 atom stereocenters. The molecule has 0 N–H and O–H groups in total. The fourth-order valence-electron chi connectivity index (χ4n) is 2.09. The summed E-state index contributed by atoms with van der Waals surface area (Å²) in [7, 11) is 0. The Balaban J connectivity index is 2.17. The number of pyridine rings is 1. The Bertz CT molecular complexity index is 346. The molecule has 14 heavy (non-hydrogen) atoms. The second-order valence-corrected chi connectivity index (χ2v) is 3.98. The van der Waals surface area contributed by atoms with Crippen molar-refractivity contribution in [2.75, 3.05) is 0 Å². The van der Waals surface area contributed by atoms with Gasteiger partial charge in [0.25, 0.3) is 0 Å². The zero-order chi connectivity index (χ0) is 9.97. The molecule has 1 aliphatic rings. The van der Waals surface area contributed by atoms with Crippen molar-refractivity contribution >= 4 is 0 Å². The number of allylic oxidation sites excluding steroid dienone is 1. The van der Waals surface area contributed by atoms with Crippen LogP contribution in [-0.2, 0) is 0 Å². The predicted molar refractivity (Wildman–Crippen MR) is 54.5 cm³/mol. The van der Waals surface area contributed by atoms with Gasteiger partial charge < -0.3 is 0 Å². The van der Waals surface area contributed by atoms with Crippen LogP contribution in [0.5, 0.6) is 0 Å². The van der Waals surface area contributed by atoms with Gasteiger partial charge in [-0.3, -0.25) is 4.98 Å². The molecule has 1 aromatic rings. The Morgan fingerprint density at radius 3 is 3.00 bits per heavy atom. The van der Waals surface area contributed by atoms with Crippen molar-refractivity contribution in [1.82, 2.24) is 4.98 Å². The smallest absolute Gasteiger partial charge is 0.141 e. The van der Waals surface area contributed by atoms with E-state index < -0.39 is 0 Å². The van der Waals surface area contributed by atoms with E-state index in [0.717, 1.165) is 24.8 Å². The van der Waals surface area contributed by atoms with Crippen molar-refractivity contribution < 1.29 is 4.39 Å². The predicted octanol–water partition coefficient (Wildman–Crippen LogP) is 3.43. The lowest BCUT2D eigenvalue weighted by Gasteiger charge is -2.23. The molecule has 74 valence electrons. The topological polar surface area (TPSA) is 12.9 Å². The van der Waals surface area contributed by atoms with Crippen LogP contribution in [0.4, 0.5) is 4.39 Å². The first kappa shape index (κ1) is 9.38. The summed E-state index contributed by atoms with van der Waals surface area (Å²) >= 11 is 0. The van der Waals surface area contributed by atoms with E-state index in [2.05, 4.69) is 11.6 Å². The Hall–Kier alpha value is -1.18. The van der Waals surface area contributed by atoms with Crippen molar-refractivity contribution in [2.24, 2.45) is 0 Å². The van der Waals surface area contributed by atoms with E-state index in [-0.39, 0.29) is 5.82 Å². The van der Waals surface area contributed by atoms with E-state index in [9.17, 15) is 4.39 Å². The number of halogens is 1. The van der Waals surface area contributed by atoms with Crippen molar-refractivity contribution in [3.05, 3.63) is 42.0 Å². The zero-order valence-electron chi connectivity index (χ0n) is 8.17. The first-order valence-corrected chi connectivity index (χ1v) is 5.03. The van der Waals surface area contributed by atoms with Gasteiger partial charge in [0.1, 0.15) is 5.82 Å². The van der Waals surface area contributed by atoms with Gasteiger partial charge in [-0.25, -0.2) is 4.39 Å². The maximum absolute atomic E-state index is 12.9. The summed E-state index contributed by atoms with van der Waals surface area (Å²) < 4.78 is 12.9. The second kappa shape index (κ2) is 3.91. The molecular formula is C12H14FN. The molecule has 0 bridgehead atoms. The minimum atomic E-state index is -0.237. The average molecular weight is 191 g/mol. The minimum Gasteiger partial charge on any atom is -0.261 e. The van der Waals surface area contributed by atoms with Gasteiger partial charge in [-0.05, 0) is 43.2 Å². The third kappa shape index (κ3) is 2.00. The SMILES string of the molecule is C=C1CCC[C@H](c2cncc(F)c2)C1. The molecule has 0 amide bonds. The Morgan fingerprint density at radius 1 is 1.43 bits per heavy atom. The lowest BCUT2D eigenvalue weighted by Crippen LogP contribution is -2.06. The lowest BCUT2D eigenvalue weighted by molar-refractivity contribution is 0.517. The fourth-order valence-corrected chi connectivity index (χ4v) is 2.09. The second-order valence-electron chi connectivity index (χ2n) is 3.98. The normalized spacial score (nSPS) is 22.4. The monoisotopic (exact) mass is 191 g/mol. The van der Waals surface area contributed by atoms with Crippen LogP contribution in [0, 0.1) is 5.82 Å². The summed E-state index contributed by atoms with van der Waals surface area (Å²) in [5.74, 6) is 0.193. The van der Waals surface area contributed by atoms with Crippen LogP contribution in [0.2, 0.25) is 0 Å². The summed E-state index contributed by atoms with van der Waals surface area (Å²) in [4.78, 5) is 3.88. The van der Waals surface area contributed by atoms with Crippen molar-refractivity contribution in [1.29, 1.82) is 0 Å². The number of nitrogens with zero attached hydrogens (tertiary/aromatic N) is 1. The molecule has 1 fully saturated rings. The van der Waals surface area contributed by atoms with Crippen molar-refractivity contribution in [2.45, 2.75) is 31.6 Å². The molecule has 1 aromatic heterocycles. The van der Waals surface area contributed by atoms with Crippen molar-refractivity contribution in [3.8, 4) is 0 Å². The van der Waals surface area contributed by atoms with Gasteiger partial charge in [-0.1, -0.05) is 12.2 Å². The first-order valence-electron chi connectivity index (χ1n) is 5.03. The number of hydrogen-bond donors (Lipinski definition) is 0. The molecule has 0 saturated heterocycles. The van der Waals surface area contributed by atoms with Gasteiger partial charge in [0, 0.05) is 6.20 Å². The summed E-state index contributed by atoms with van der Waals surface area (Å²) in [6, 6.07) is 1.59.